The fraction of sp³-hybridized carbons (Fsp3) is 0.273. The lowest BCUT2D eigenvalue weighted by atomic mass is 10.1. The van der Waals surface area contributed by atoms with Gasteiger partial charge in [-0.3, -0.25) is 4.79 Å². The van der Waals surface area contributed by atoms with E-state index in [0.29, 0.717) is 41.9 Å². The average Bonchev–Trinajstić information content (AvgIpc) is 3.18. The standard InChI is InChI=1S/C22H22F3N3O2/c1-15-4-6-16(7-5-15)19-14-20(22(23,24)25)27-28(19)18-10-8-17(9-11-18)21(30)26-12-2-3-13-29/h4-11,14,29H,2-3,12-13H2,1H3,(H,26,30). The van der Waals surface area contributed by atoms with Gasteiger partial charge < -0.3 is 10.4 Å². The number of unbranched alkanes of at least 4 members (excludes halogenated alkanes) is 1. The number of hydrogen-bond acceptors (Lipinski definition) is 3. The van der Waals surface area contributed by atoms with Crippen LogP contribution in [0.4, 0.5) is 13.2 Å². The highest BCUT2D eigenvalue weighted by molar-refractivity contribution is 5.94. The SMILES string of the molecule is Cc1ccc(-c2cc(C(F)(F)F)nn2-c2ccc(C(=O)NCCCCO)cc2)cc1. The van der Waals surface area contributed by atoms with Crippen molar-refractivity contribution in [2.24, 2.45) is 0 Å². The number of nitrogens with zero attached hydrogens (tertiary/aromatic N) is 2. The van der Waals surface area contributed by atoms with Crippen molar-refractivity contribution < 1.29 is 23.1 Å². The highest BCUT2D eigenvalue weighted by Crippen LogP contribution is 2.33. The lowest BCUT2D eigenvalue weighted by molar-refractivity contribution is -0.141. The van der Waals surface area contributed by atoms with E-state index in [0.717, 1.165) is 11.6 Å². The van der Waals surface area contributed by atoms with Crippen molar-refractivity contribution >= 4 is 5.91 Å². The fourth-order valence-corrected chi connectivity index (χ4v) is 2.94. The number of hydrogen-bond donors (Lipinski definition) is 2. The maximum absolute atomic E-state index is 13.3. The van der Waals surface area contributed by atoms with Crippen molar-refractivity contribution in [1.29, 1.82) is 0 Å². The lowest BCUT2D eigenvalue weighted by Crippen LogP contribution is -2.24. The van der Waals surface area contributed by atoms with Crippen LogP contribution in [0.1, 0.15) is 34.5 Å². The molecule has 3 rings (SSSR count). The fourth-order valence-electron chi connectivity index (χ4n) is 2.94. The summed E-state index contributed by atoms with van der Waals surface area (Å²) in [6.45, 7) is 2.40. The van der Waals surface area contributed by atoms with Crippen LogP contribution < -0.4 is 5.32 Å². The molecule has 0 fully saturated rings. The van der Waals surface area contributed by atoms with Crippen LogP contribution in [0.2, 0.25) is 0 Å². The molecule has 1 heterocycles. The van der Waals surface area contributed by atoms with Crippen molar-refractivity contribution in [2.45, 2.75) is 25.9 Å². The van der Waals surface area contributed by atoms with Gasteiger partial charge in [0.1, 0.15) is 0 Å². The molecule has 0 saturated carbocycles. The summed E-state index contributed by atoms with van der Waals surface area (Å²) in [6.07, 6.45) is -3.31. The molecular weight excluding hydrogens is 395 g/mol. The zero-order valence-corrected chi connectivity index (χ0v) is 16.4. The molecular formula is C22H22F3N3O2. The molecule has 0 atom stereocenters. The molecule has 0 aliphatic carbocycles. The number of amides is 1. The van der Waals surface area contributed by atoms with Gasteiger partial charge in [-0.2, -0.15) is 18.3 Å². The van der Waals surface area contributed by atoms with Gasteiger partial charge in [0.05, 0.1) is 11.4 Å². The Kier molecular flexibility index (Phi) is 6.56. The van der Waals surface area contributed by atoms with Gasteiger partial charge in [-0.15, -0.1) is 0 Å². The Labute approximate surface area is 172 Å². The van der Waals surface area contributed by atoms with Crippen LogP contribution >= 0.6 is 0 Å². The molecule has 0 spiro atoms. The van der Waals surface area contributed by atoms with Crippen LogP contribution in [0.25, 0.3) is 16.9 Å². The Morgan fingerprint density at radius 2 is 1.73 bits per heavy atom. The molecule has 0 aliphatic heterocycles. The van der Waals surface area contributed by atoms with E-state index >= 15 is 0 Å². The van der Waals surface area contributed by atoms with Crippen molar-refractivity contribution in [3.05, 3.63) is 71.4 Å². The Morgan fingerprint density at radius 3 is 2.33 bits per heavy atom. The molecule has 0 unspecified atom stereocenters. The van der Waals surface area contributed by atoms with Crippen LogP contribution in [-0.2, 0) is 6.18 Å². The first-order valence-electron chi connectivity index (χ1n) is 9.53. The summed E-state index contributed by atoms with van der Waals surface area (Å²) in [7, 11) is 0. The molecule has 1 amide bonds. The third-order valence-electron chi connectivity index (χ3n) is 4.59. The third kappa shape index (κ3) is 5.07. The van der Waals surface area contributed by atoms with E-state index in [1.165, 1.54) is 4.68 Å². The highest BCUT2D eigenvalue weighted by atomic mass is 19.4. The van der Waals surface area contributed by atoms with Crippen LogP contribution in [0.3, 0.4) is 0 Å². The van der Waals surface area contributed by atoms with Gasteiger partial charge in [-0.25, -0.2) is 4.68 Å². The van der Waals surface area contributed by atoms with Crippen molar-refractivity contribution in [1.82, 2.24) is 15.1 Å². The Morgan fingerprint density at radius 1 is 1.07 bits per heavy atom. The van der Waals surface area contributed by atoms with Crippen molar-refractivity contribution in [3.8, 4) is 16.9 Å². The summed E-state index contributed by atoms with van der Waals surface area (Å²) in [4.78, 5) is 12.2. The molecule has 2 N–H and O–H groups in total. The van der Waals surface area contributed by atoms with E-state index < -0.39 is 11.9 Å². The van der Waals surface area contributed by atoms with E-state index in [2.05, 4.69) is 10.4 Å². The number of aryl methyl sites for hydroxylation is 1. The molecule has 0 saturated heterocycles. The second-order valence-electron chi connectivity index (χ2n) is 6.92. The Bertz CT molecular complexity index is 994. The molecule has 158 valence electrons. The first kappa shape index (κ1) is 21.6. The molecule has 5 nitrogen and oxygen atoms in total. The number of carbonyl (C=O) groups is 1. The third-order valence-corrected chi connectivity index (χ3v) is 4.59. The summed E-state index contributed by atoms with van der Waals surface area (Å²) in [5.41, 5.74) is 1.73. The van der Waals surface area contributed by atoms with Crippen LogP contribution in [0.15, 0.2) is 54.6 Å². The zero-order valence-electron chi connectivity index (χ0n) is 16.4. The molecule has 8 heteroatoms. The predicted molar refractivity (Wildman–Crippen MR) is 107 cm³/mol. The first-order chi connectivity index (χ1) is 14.3. The number of benzene rings is 2. The topological polar surface area (TPSA) is 67.2 Å². The van der Waals surface area contributed by atoms with Crippen LogP contribution in [0, 0.1) is 6.92 Å². The second-order valence-corrected chi connectivity index (χ2v) is 6.92. The minimum atomic E-state index is -4.57. The lowest BCUT2D eigenvalue weighted by Gasteiger charge is -2.09. The largest absolute Gasteiger partial charge is 0.435 e. The summed E-state index contributed by atoms with van der Waals surface area (Å²) in [6, 6.07) is 14.4. The second kappa shape index (κ2) is 9.13. The zero-order chi connectivity index (χ0) is 21.7. The smallest absolute Gasteiger partial charge is 0.396 e. The summed E-state index contributed by atoms with van der Waals surface area (Å²) in [5.74, 6) is -0.283. The van der Waals surface area contributed by atoms with Gasteiger partial charge in [0.25, 0.3) is 5.91 Å². The van der Waals surface area contributed by atoms with Gasteiger partial charge in [0.2, 0.25) is 0 Å². The maximum Gasteiger partial charge on any atom is 0.435 e. The van der Waals surface area contributed by atoms with Gasteiger partial charge in [0, 0.05) is 24.3 Å². The highest BCUT2D eigenvalue weighted by Gasteiger charge is 2.35. The molecule has 0 radical (unpaired) electrons. The quantitative estimate of drug-likeness (QED) is 0.561. The molecule has 2 aromatic carbocycles. The molecule has 0 aliphatic rings. The number of aliphatic hydroxyl groups is 1. The van der Waals surface area contributed by atoms with Crippen molar-refractivity contribution in [3.63, 3.8) is 0 Å². The van der Waals surface area contributed by atoms with E-state index in [9.17, 15) is 18.0 Å². The number of halogens is 3. The van der Waals surface area contributed by atoms with Gasteiger partial charge in [0.15, 0.2) is 5.69 Å². The van der Waals surface area contributed by atoms with Crippen molar-refractivity contribution in [2.75, 3.05) is 13.2 Å². The molecule has 0 bridgehead atoms. The minimum Gasteiger partial charge on any atom is -0.396 e. The van der Waals surface area contributed by atoms with E-state index in [1.807, 2.05) is 19.1 Å². The number of aliphatic hydroxyl groups excluding tert-OH is 1. The number of nitrogens with one attached hydrogen (secondary N) is 1. The van der Waals surface area contributed by atoms with Crippen LogP contribution in [-0.4, -0.2) is 33.9 Å². The minimum absolute atomic E-state index is 0.0671. The first-order valence-corrected chi connectivity index (χ1v) is 9.53. The van der Waals surface area contributed by atoms with E-state index in [4.69, 9.17) is 5.11 Å². The molecule has 30 heavy (non-hydrogen) atoms. The Balaban J connectivity index is 1.90. The summed E-state index contributed by atoms with van der Waals surface area (Å²) >= 11 is 0. The number of aromatic nitrogens is 2. The van der Waals surface area contributed by atoms with Gasteiger partial charge in [-0.1, -0.05) is 29.8 Å². The predicted octanol–water partition coefficient (Wildman–Crippen LogP) is 4.37. The Hall–Kier alpha value is -3.13. The van der Waals surface area contributed by atoms with Crippen LogP contribution in [0.5, 0.6) is 0 Å². The van der Waals surface area contributed by atoms with E-state index in [-0.39, 0.29) is 12.5 Å². The number of carbonyl (C=O) groups excluding carboxylic acids is 1. The van der Waals surface area contributed by atoms with Gasteiger partial charge in [-0.05, 0) is 50.1 Å². The maximum atomic E-state index is 13.3. The number of alkyl halides is 3. The molecule has 3 aromatic rings. The average molecular weight is 417 g/mol. The van der Waals surface area contributed by atoms with E-state index in [1.54, 1.807) is 36.4 Å². The normalized spacial score (nSPS) is 11.5. The molecule has 1 aromatic heterocycles. The summed E-state index contributed by atoms with van der Waals surface area (Å²) < 4.78 is 41.1. The number of rotatable bonds is 7. The van der Waals surface area contributed by atoms with Gasteiger partial charge >= 0.3 is 6.18 Å². The monoisotopic (exact) mass is 417 g/mol. The summed E-state index contributed by atoms with van der Waals surface area (Å²) in [5, 5.41) is 15.3.